The van der Waals surface area contributed by atoms with Crippen molar-refractivity contribution in [3.63, 3.8) is 0 Å². The first-order chi connectivity index (χ1) is 14.1. The van der Waals surface area contributed by atoms with Crippen LogP contribution in [0.25, 0.3) is 0 Å². The summed E-state index contributed by atoms with van der Waals surface area (Å²) < 4.78 is 0. The molecular weight excluding hydrogens is 352 g/mol. The van der Waals surface area contributed by atoms with Crippen LogP contribution in [0, 0.1) is 29.1 Å². The molecule has 0 amide bonds. The highest BCUT2D eigenvalue weighted by Gasteiger charge is 2.54. The average Bonchev–Trinajstić information content (AvgIpc) is 3.06. The molecule has 1 heteroatoms. The van der Waals surface area contributed by atoms with Crippen molar-refractivity contribution in [2.24, 2.45) is 17.3 Å². The molecule has 0 heterocycles. The molecule has 148 valence electrons. The zero-order valence-electron chi connectivity index (χ0n) is 17.6. The largest absolute Gasteiger partial charge is 0.299 e. The molecule has 29 heavy (non-hydrogen) atoms. The van der Waals surface area contributed by atoms with Gasteiger partial charge in [-0.15, -0.1) is 0 Å². The van der Waals surface area contributed by atoms with Crippen molar-refractivity contribution < 1.29 is 4.79 Å². The van der Waals surface area contributed by atoms with Crippen LogP contribution >= 0.6 is 0 Å². The van der Waals surface area contributed by atoms with E-state index >= 15 is 0 Å². The number of hydrogen-bond acceptors (Lipinski definition) is 1. The standard InChI is InChI=1S/C28H30O/c1-19(8-9-20-6-4-3-5-7-20)21-10-12-23-22(18-21)11-13-25-24(23)16-17-28(2)26(25)14-15-27(28)29/h3-7,10,12,18-19,24-26H,11,13-17H2,1-2H3/t19-,24+,25+,26-,28-/m0/s1. The minimum Gasteiger partial charge on any atom is -0.299 e. The molecule has 5 rings (SSSR count). The monoisotopic (exact) mass is 382 g/mol. The fourth-order valence-corrected chi connectivity index (χ4v) is 6.44. The Bertz CT molecular complexity index is 992. The molecule has 2 aromatic carbocycles. The van der Waals surface area contributed by atoms with E-state index in [1.54, 1.807) is 5.56 Å². The highest BCUT2D eigenvalue weighted by atomic mass is 16.1. The smallest absolute Gasteiger partial charge is 0.139 e. The van der Waals surface area contributed by atoms with Crippen molar-refractivity contribution in [1.29, 1.82) is 0 Å². The molecule has 2 saturated carbocycles. The summed E-state index contributed by atoms with van der Waals surface area (Å²) in [7, 11) is 0. The van der Waals surface area contributed by atoms with E-state index in [1.165, 1.54) is 24.0 Å². The summed E-state index contributed by atoms with van der Waals surface area (Å²) >= 11 is 0. The molecule has 2 fully saturated rings. The third-order valence-corrected chi connectivity index (χ3v) is 8.17. The number of hydrogen-bond donors (Lipinski definition) is 0. The van der Waals surface area contributed by atoms with Crippen LogP contribution in [0.4, 0.5) is 0 Å². The minimum atomic E-state index is -0.0276. The van der Waals surface area contributed by atoms with Gasteiger partial charge in [0, 0.05) is 23.3 Å². The summed E-state index contributed by atoms with van der Waals surface area (Å²) in [4.78, 5) is 12.5. The SMILES string of the molecule is C[C@@H](C#Cc1ccccc1)c1ccc2c(c1)CC[C@@H]1[C@@H]2CC[C@]2(C)C(=O)CC[C@@H]12. The molecular formula is C28H30O. The highest BCUT2D eigenvalue weighted by molar-refractivity contribution is 5.87. The van der Waals surface area contributed by atoms with Crippen LogP contribution in [0.2, 0.25) is 0 Å². The highest BCUT2D eigenvalue weighted by Crippen LogP contribution is 2.59. The van der Waals surface area contributed by atoms with Crippen LogP contribution in [0.5, 0.6) is 0 Å². The molecule has 0 bridgehead atoms. The van der Waals surface area contributed by atoms with Gasteiger partial charge in [0.25, 0.3) is 0 Å². The summed E-state index contributed by atoms with van der Waals surface area (Å²) in [6, 6.07) is 17.4. The van der Waals surface area contributed by atoms with Crippen LogP contribution in [-0.4, -0.2) is 5.78 Å². The van der Waals surface area contributed by atoms with Gasteiger partial charge >= 0.3 is 0 Å². The quantitative estimate of drug-likeness (QED) is 0.532. The lowest BCUT2D eigenvalue weighted by molar-refractivity contribution is -0.129. The maximum absolute atomic E-state index is 12.5. The van der Waals surface area contributed by atoms with E-state index in [9.17, 15) is 4.79 Å². The lowest BCUT2D eigenvalue weighted by atomic mass is 9.55. The van der Waals surface area contributed by atoms with Crippen molar-refractivity contribution in [3.8, 4) is 11.8 Å². The molecule has 0 aliphatic heterocycles. The number of benzene rings is 2. The van der Waals surface area contributed by atoms with Crippen LogP contribution in [-0.2, 0) is 11.2 Å². The fraction of sp³-hybridized carbons (Fsp3) is 0.464. The number of carbonyl (C=O) groups excluding carboxylic acids is 1. The number of carbonyl (C=O) groups is 1. The molecule has 0 aromatic heterocycles. The fourth-order valence-electron chi connectivity index (χ4n) is 6.44. The predicted octanol–water partition coefficient (Wildman–Crippen LogP) is 6.27. The third-order valence-electron chi connectivity index (χ3n) is 8.17. The van der Waals surface area contributed by atoms with E-state index in [-0.39, 0.29) is 11.3 Å². The summed E-state index contributed by atoms with van der Waals surface area (Å²) in [5.74, 6) is 9.49. The zero-order valence-corrected chi connectivity index (χ0v) is 17.6. The Hall–Kier alpha value is -2.33. The Kier molecular flexibility index (Phi) is 4.62. The minimum absolute atomic E-state index is 0.0276. The maximum atomic E-state index is 12.5. The molecule has 5 atom stereocenters. The second-order valence-corrected chi connectivity index (χ2v) is 9.65. The molecule has 3 aliphatic rings. The van der Waals surface area contributed by atoms with E-state index < -0.39 is 0 Å². The van der Waals surface area contributed by atoms with E-state index in [4.69, 9.17) is 0 Å². The van der Waals surface area contributed by atoms with E-state index in [2.05, 4.69) is 56.0 Å². The van der Waals surface area contributed by atoms with Crippen LogP contribution in [0.1, 0.15) is 80.0 Å². The van der Waals surface area contributed by atoms with Gasteiger partial charge < -0.3 is 0 Å². The van der Waals surface area contributed by atoms with Gasteiger partial charge in [0.05, 0.1) is 0 Å². The van der Waals surface area contributed by atoms with Crippen molar-refractivity contribution in [1.82, 2.24) is 0 Å². The third kappa shape index (κ3) is 3.14. The van der Waals surface area contributed by atoms with E-state index in [0.29, 0.717) is 23.5 Å². The predicted molar refractivity (Wildman–Crippen MR) is 118 cm³/mol. The van der Waals surface area contributed by atoms with Gasteiger partial charge in [-0.3, -0.25) is 4.79 Å². The molecule has 0 spiro atoms. The Morgan fingerprint density at radius 1 is 1.03 bits per heavy atom. The first-order valence-electron chi connectivity index (χ1n) is 11.3. The van der Waals surface area contributed by atoms with Gasteiger partial charge in [-0.25, -0.2) is 0 Å². The van der Waals surface area contributed by atoms with Gasteiger partial charge in [-0.05, 0) is 85.6 Å². The second-order valence-electron chi connectivity index (χ2n) is 9.65. The zero-order chi connectivity index (χ0) is 20.0. The summed E-state index contributed by atoms with van der Waals surface area (Å²) in [6.07, 6.45) is 6.60. The first kappa shape index (κ1) is 18.7. The molecule has 3 aliphatic carbocycles. The van der Waals surface area contributed by atoms with E-state index in [0.717, 1.165) is 31.2 Å². The molecule has 2 aromatic rings. The Labute approximate surface area is 174 Å². The van der Waals surface area contributed by atoms with Crippen LogP contribution < -0.4 is 0 Å². The first-order valence-corrected chi connectivity index (χ1v) is 11.3. The van der Waals surface area contributed by atoms with Crippen molar-refractivity contribution in [3.05, 3.63) is 70.8 Å². The number of ketones is 1. The van der Waals surface area contributed by atoms with Gasteiger partial charge in [0.15, 0.2) is 0 Å². The average molecular weight is 383 g/mol. The number of fused-ring (bicyclic) bond motifs is 5. The van der Waals surface area contributed by atoms with Crippen LogP contribution in [0.3, 0.4) is 0 Å². The molecule has 0 N–H and O–H groups in total. The lowest BCUT2D eigenvalue weighted by Crippen LogP contribution is -2.42. The van der Waals surface area contributed by atoms with Gasteiger partial charge in [0.2, 0.25) is 0 Å². The number of Topliss-reactive ketones (excluding diaryl/α,β-unsaturated/α-hetero) is 1. The van der Waals surface area contributed by atoms with Gasteiger partial charge in [-0.2, -0.15) is 0 Å². The van der Waals surface area contributed by atoms with Crippen LogP contribution in [0.15, 0.2) is 48.5 Å². The van der Waals surface area contributed by atoms with Crippen molar-refractivity contribution in [2.45, 2.75) is 64.2 Å². The number of aryl methyl sites for hydroxylation is 1. The summed E-state index contributed by atoms with van der Waals surface area (Å²) in [5.41, 5.74) is 5.48. The summed E-state index contributed by atoms with van der Waals surface area (Å²) in [5, 5.41) is 0. The normalized spacial score (nSPS) is 31.1. The van der Waals surface area contributed by atoms with Gasteiger partial charge in [-0.1, -0.05) is 55.2 Å². The molecule has 1 nitrogen and oxygen atoms in total. The summed E-state index contributed by atoms with van der Waals surface area (Å²) in [6.45, 7) is 4.47. The van der Waals surface area contributed by atoms with E-state index in [1.807, 2.05) is 18.2 Å². The van der Waals surface area contributed by atoms with Crippen molar-refractivity contribution in [2.75, 3.05) is 0 Å². The Balaban J connectivity index is 1.39. The maximum Gasteiger partial charge on any atom is 0.139 e. The second kappa shape index (κ2) is 7.17. The number of rotatable bonds is 1. The molecule has 0 radical (unpaired) electrons. The van der Waals surface area contributed by atoms with Crippen molar-refractivity contribution >= 4 is 5.78 Å². The molecule has 0 saturated heterocycles. The Morgan fingerprint density at radius 2 is 1.86 bits per heavy atom. The topological polar surface area (TPSA) is 17.1 Å². The van der Waals surface area contributed by atoms with Gasteiger partial charge in [0.1, 0.15) is 5.78 Å². The Morgan fingerprint density at radius 3 is 2.69 bits per heavy atom. The molecule has 0 unspecified atom stereocenters. The lowest BCUT2D eigenvalue weighted by Gasteiger charge is -2.48.